The molecule has 1 aromatic heterocycles. The third kappa shape index (κ3) is 3.11. The number of piperidine rings is 1. The van der Waals surface area contributed by atoms with Crippen LogP contribution >= 0.6 is 15.9 Å². The SMILES string of the molecule is O=C(C1CCC1)N1CCCC(Oc2ncc(Br)cn2)C1. The fraction of sp³-hybridized carbons (Fsp3) is 0.643. The van der Waals surface area contributed by atoms with E-state index in [0.717, 1.165) is 36.7 Å². The van der Waals surface area contributed by atoms with Gasteiger partial charge in [0.05, 0.1) is 11.0 Å². The van der Waals surface area contributed by atoms with Crippen molar-refractivity contribution in [3.63, 3.8) is 0 Å². The van der Waals surface area contributed by atoms with E-state index in [1.165, 1.54) is 6.42 Å². The Bertz CT molecular complexity index is 476. The summed E-state index contributed by atoms with van der Waals surface area (Å²) in [4.78, 5) is 22.5. The Balaban J connectivity index is 1.57. The minimum absolute atomic E-state index is 0.00829. The van der Waals surface area contributed by atoms with Gasteiger partial charge in [-0.25, -0.2) is 9.97 Å². The summed E-state index contributed by atoms with van der Waals surface area (Å²) in [5.74, 6) is 0.568. The number of aromatic nitrogens is 2. The zero-order chi connectivity index (χ0) is 13.9. The van der Waals surface area contributed by atoms with E-state index < -0.39 is 0 Å². The summed E-state index contributed by atoms with van der Waals surface area (Å²) in [6.45, 7) is 1.52. The molecule has 0 radical (unpaired) electrons. The number of hydrogen-bond acceptors (Lipinski definition) is 4. The zero-order valence-corrected chi connectivity index (χ0v) is 12.9. The molecule has 1 saturated heterocycles. The van der Waals surface area contributed by atoms with Crippen molar-refractivity contribution in [2.75, 3.05) is 13.1 Å². The number of nitrogens with zero attached hydrogens (tertiary/aromatic N) is 3. The van der Waals surface area contributed by atoms with Gasteiger partial charge in [-0.2, -0.15) is 0 Å². The standard InChI is InChI=1S/C14H18BrN3O2/c15-11-7-16-14(17-8-11)20-12-5-2-6-18(9-12)13(19)10-3-1-4-10/h7-8,10,12H,1-6,9H2. The van der Waals surface area contributed by atoms with Crippen LogP contribution in [0.2, 0.25) is 0 Å². The molecule has 1 aromatic rings. The minimum atomic E-state index is 0.00829. The van der Waals surface area contributed by atoms with E-state index >= 15 is 0 Å². The van der Waals surface area contributed by atoms with Crippen LogP contribution in [0.4, 0.5) is 0 Å². The van der Waals surface area contributed by atoms with Crippen molar-refractivity contribution in [2.24, 2.45) is 5.92 Å². The number of ether oxygens (including phenoxy) is 1. The van der Waals surface area contributed by atoms with Crippen LogP contribution in [-0.2, 0) is 4.79 Å². The Kier molecular flexibility index (Phi) is 4.19. The summed E-state index contributed by atoms with van der Waals surface area (Å²) in [5, 5.41) is 0. The van der Waals surface area contributed by atoms with Gasteiger partial charge < -0.3 is 9.64 Å². The molecule has 1 amide bonds. The van der Waals surface area contributed by atoms with Gasteiger partial charge in [-0.1, -0.05) is 6.42 Å². The quantitative estimate of drug-likeness (QED) is 0.848. The molecule has 1 aliphatic carbocycles. The summed E-state index contributed by atoms with van der Waals surface area (Å²) >= 11 is 3.30. The Morgan fingerprint density at radius 3 is 2.65 bits per heavy atom. The monoisotopic (exact) mass is 339 g/mol. The smallest absolute Gasteiger partial charge is 0.316 e. The predicted molar refractivity (Wildman–Crippen MR) is 77.3 cm³/mol. The molecule has 3 rings (SSSR count). The Morgan fingerprint density at radius 1 is 1.25 bits per heavy atom. The molecule has 2 fully saturated rings. The first-order valence-electron chi connectivity index (χ1n) is 7.15. The van der Waals surface area contributed by atoms with Crippen LogP contribution in [0, 0.1) is 5.92 Å². The summed E-state index contributed by atoms with van der Waals surface area (Å²) in [5.41, 5.74) is 0. The lowest BCUT2D eigenvalue weighted by Crippen LogP contribution is -2.47. The molecule has 0 spiro atoms. The van der Waals surface area contributed by atoms with Crippen LogP contribution in [-0.4, -0.2) is 40.0 Å². The lowest BCUT2D eigenvalue weighted by molar-refractivity contribution is -0.140. The molecular weight excluding hydrogens is 322 g/mol. The van der Waals surface area contributed by atoms with Crippen LogP contribution in [0.25, 0.3) is 0 Å². The first-order valence-corrected chi connectivity index (χ1v) is 7.94. The summed E-state index contributed by atoms with van der Waals surface area (Å²) in [6.07, 6.45) is 8.58. The maximum atomic E-state index is 12.3. The first kappa shape index (κ1) is 13.8. The van der Waals surface area contributed by atoms with Gasteiger partial charge >= 0.3 is 6.01 Å². The highest BCUT2D eigenvalue weighted by molar-refractivity contribution is 9.10. The summed E-state index contributed by atoms with van der Waals surface area (Å²) < 4.78 is 6.61. The molecule has 20 heavy (non-hydrogen) atoms. The maximum absolute atomic E-state index is 12.3. The van der Waals surface area contributed by atoms with Gasteiger partial charge in [-0.15, -0.1) is 0 Å². The fourth-order valence-electron chi connectivity index (χ4n) is 2.66. The Hall–Kier alpha value is -1.17. The maximum Gasteiger partial charge on any atom is 0.316 e. The van der Waals surface area contributed by atoms with E-state index in [4.69, 9.17) is 4.74 Å². The predicted octanol–water partition coefficient (Wildman–Crippen LogP) is 2.41. The van der Waals surface area contributed by atoms with Gasteiger partial charge in [0.2, 0.25) is 5.91 Å². The van der Waals surface area contributed by atoms with E-state index in [9.17, 15) is 4.79 Å². The molecule has 5 nitrogen and oxygen atoms in total. The molecule has 0 bridgehead atoms. The molecule has 0 N–H and O–H groups in total. The highest BCUT2D eigenvalue weighted by Gasteiger charge is 2.32. The Labute approximate surface area is 126 Å². The number of carbonyl (C=O) groups is 1. The first-order chi connectivity index (χ1) is 9.72. The lowest BCUT2D eigenvalue weighted by atomic mass is 9.84. The van der Waals surface area contributed by atoms with Gasteiger partial charge in [-0.3, -0.25) is 4.79 Å². The molecule has 2 aliphatic rings. The highest BCUT2D eigenvalue weighted by atomic mass is 79.9. The zero-order valence-electron chi connectivity index (χ0n) is 11.3. The van der Waals surface area contributed by atoms with E-state index in [2.05, 4.69) is 25.9 Å². The van der Waals surface area contributed by atoms with E-state index in [1.54, 1.807) is 12.4 Å². The van der Waals surface area contributed by atoms with Crippen molar-refractivity contribution in [3.8, 4) is 6.01 Å². The third-order valence-corrected chi connectivity index (χ3v) is 4.42. The van der Waals surface area contributed by atoms with Gasteiger partial charge in [0.1, 0.15) is 6.10 Å². The minimum Gasteiger partial charge on any atom is -0.458 e. The largest absolute Gasteiger partial charge is 0.458 e. The number of rotatable bonds is 3. The van der Waals surface area contributed by atoms with Crippen molar-refractivity contribution in [1.29, 1.82) is 0 Å². The molecule has 2 heterocycles. The van der Waals surface area contributed by atoms with Gasteiger partial charge in [0.25, 0.3) is 0 Å². The van der Waals surface area contributed by atoms with Crippen molar-refractivity contribution in [2.45, 2.75) is 38.2 Å². The molecule has 0 aromatic carbocycles. The van der Waals surface area contributed by atoms with Crippen LogP contribution in [0.3, 0.4) is 0 Å². The molecule has 108 valence electrons. The van der Waals surface area contributed by atoms with Crippen LogP contribution in [0.1, 0.15) is 32.1 Å². The normalized spacial score (nSPS) is 23.2. The molecule has 1 atom stereocenters. The van der Waals surface area contributed by atoms with Crippen molar-refractivity contribution in [1.82, 2.24) is 14.9 Å². The molecule has 6 heteroatoms. The Morgan fingerprint density at radius 2 is 2.00 bits per heavy atom. The molecular formula is C14H18BrN3O2. The number of amides is 1. The van der Waals surface area contributed by atoms with Crippen molar-refractivity contribution < 1.29 is 9.53 Å². The summed E-state index contributed by atoms with van der Waals surface area (Å²) in [6, 6.07) is 0.385. The van der Waals surface area contributed by atoms with Crippen molar-refractivity contribution in [3.05, 3.63) is 16.9 Å². The van der Waals surface area contributed by atoms with Crippen LogP contribution in [0.5, 0.6) is 6.01 Å². The lowest BCUT2D eigenvalue weighted by Gasteiger charge is -2.36. The van der Waals surface area contributed by atoms with Gasteiger partial charge in [0, 0.05) is 24.9 Å². The second-order valence-corrected chi connectivity index (χ2v) is 6.39. The van der Waals surface area contributed by atoms with Gasteiger partial charge in [0.15, 0.2) is 0 Å². The van der Waals surface area contributed by atoms with Crippen LogP contribution < -0.4 is 4.74 Å². The van der Waals surface area contributed by atoms with E-state index in [1.807, 2.05) is 4.90 Å². The number of likely N-dealkylation sites (tertiary alicyclic amines) is 1. The molecule has 1 aliphatic heterocycles. The second kappa shape index (κ2) is 6.08. The highest BCUT2D eigenvalue weighted by Crippen LogP contribution is 2.29. The number of hydrogen-bond donors (Lipinski definition) is 0. The fourth-order valence-corrected chi connectivity index (χ4v) is 2.86. The summed E-state index contributed by atoms with van der Waals surface area (Å²) in [7, 11) is 0. The second-order valence-electron chi connectivity index (χ2n) is 5.48. The molecule has 1 unspecified atom stereocenters. The van der Waals surface area contributed by atoms with Crippen molar-refractivity contribution >= 4 is 21.8 Å². The number of halogens is 1. The average Bonchev–Trinajstić information content (AvgIpc) is 2.40. The molecule has 1 saturated carbocycles. The van der Waals surface area contributed by atoms with E-state index in [-0.39, 0.29) is 12.0 Å². The topological polar surface area (TPSA) is 55.3 Å². The third-order valence-electron chi connectivity index (χ3n) is 4.01. The van der Waals surface area contributed by atoms with E-state index in [0.29, 0.717) is 18.5 Å². The number of carbonyl (C=O) groups excluding carboxylic acids is 1. The van der Waals surface area contributed by atoms with Crippen LogP contribution in [0.15, 0.2) is 16.9 Å². The van der Waals surface area contributed by atoms with Gasteiger partial charge in [-0.05, 0) is 41.6 Å². The average molecular weight is 340 g/mol.